The fourth-order valence-corrected chi connectivity index (χ4v) is 2.24. The van der Waals surface area contributed by atoms with E-state index in [9.17, 15) is 0 Å². The Balaban J connectivity index is 1.81. The molecule has 7 heteroatoms. The summed E-state index contributed by atoms with van der Waals surface area (Å²) in [5.74, 6) is 3.25. The van der Waals surface area contributed by atoms with Crippen molar-refractivity contribution in [3.05, 3.63) is 41.5 Å². The summed E-state index contributed by atoms with van der Waals surface area (Å²) in [5.41, 5.74) is 1.09. The lowest BCUT2D eigenvalue weighted by Gasteiger charge is -2.13. The quantitative estimate of drug-likeness (QED) is 0.565. The SMILES string of the molecule is CCOc1ccccc1CNC(=NC)NCCc1nc(C(C)C)no1. The Morgan fingerprint density at radius 2 is 2.08 bits per heavy atom. The standard InChI is InChI=1S/C18H27N5O2/c1-5-24-15-9-7-6-8-14(15)12-21-18(19-4)20-11-10-16-22-17(13(2)3)23-25-16/h6-9,13H,5,10-12H2,1-4H3,(H2,19,20,21). The fraction of sp³-hybridized carbons (Fsp3) is 0.500. The highest BCUT2D eigenvalue weighted by Crippen LogP contribution is 2.17. The summed E-state index contributed by atoms with van der Waals surface area (Å²) < 4.78 is 10.9. The summed E-state index contributed by atoms with van der Waals surface area (Å²) >= 11 is 0. The van der Waals surface area contributed by atoms with E-state index in [0.717, 1.165) is 23.1 Å². The van der Waals surface area contributed by atoms with Crippen molar-refractivity contribution in [2.45, 2.75) is 39.7 Å². The van der Waals surface area contributed by atoms with Gasteiger partial charge in [0.2, 0.25) is 5.89 Å². The summed E-state index contributed by atoms with van der Waals surface area (Å²) in [7, 11) is 1.74. The van der Waals surface area contributed by atoms with Gasteiger partial charge in [-0.25, -0.2) is 0 Å². The minimum absolute atomic E-state index is 0.269. The number of para-hydroxylation sites is 1. The zero-order valence-electron chi connectivity index (χ0n) is 15.4. The Morgan fingerprint density at radius 1 is 1.28 bits per heavy atom. The smallest absolute Gasteiger partial charge is 0.228 e. The molecule has 25 heavy (non-hydrogen) atoms. The summed E-state index contributed by atoms with van der Waals surface area (Å²) in [5, 5.41) is 10.5. The van der Waals surface area contributed by atoms with E-state index in [4.69, 9.17) is 9.26 Å². The summed E-state index contributed by atoms with van der Waals surface area (Å²) in [6.07, 6.45) is 0.649. The van der Waals surface area contributed by atoms with E-state index in [1.165, 1.54) is 0 Å². The molecule has 0 aliphatic carbocycles. The van der Waals surface area contributed by atoms with Crippen LogP contribution in [0.3, 0.4) is 0 Å². The average Bonchev–Trinajstić information content (AvgIpc) is 3.08. The van der Waals surface area contributed by atoms with Crippen molar-refractivity contribution in [1.29, 1.82) is 0 Å². The molecule has 7 nitrogen and oxygen atoms in total. The monoisotopic (exact) mass is 345 g/mol. The second kappa shape index (κ2) is 9.66. The average molecular weight is 345 g/mol. The third kappa shape index (κ3) is 5.77. The van der Waals surface area contributed by atoms with Crippen LogP contribution in [0.15, 0.2) is 33.8 Å². The lowest BCUT2D eigenvalue weighted by atomic mass is 10.2. The van der Waals surface area contributed by atoms with Crippen LogP contribution in [0.1, 0.15) is 44.0 Å². The Hall–Kier alpha value is -2.57. The van der Waals surface area contributed by atoms with Crippen LogP contribution in [0, 0.1) is 0 Å². The van der Waals surface area contributed by atoms with Crippen LogP contribution >= 0.6 is 0 Å². The van der Waals surface area contributed by atoms with Crippen molar-refractivity contribution in [3.63, 3.8) is 0 Å². The van der Waals surface area contributed by atoms with Crippen LogP contribution in [-0.4, -0.2) is 36.3 Å². The van der Waals surface area contributed by atoms with E-state index in [0.29, 0.717) is 32.0 Å². The van der Waals surface area contributed by atoms with E-state index in [1.54, 1.807) is 7.05 Å². The van der Waals surface area contributed by atoms with Crippen molar-refractivity contribution in [1.82, 2.24) is 20.8 Å². The Morgan fingerprint density at radius 3 is 2.76 bits per heavy atom. The van der Waals surface area contributed by atoms with Crippen LogP contribution in [0.4, 0.5) is 0 Å². The van der Waals surface area contributed by atoms with E-state index in [1.807, 2.05) is 45.0 Å². The van der Waals surface area contributed by atoms with Gasteiger partial charge >= 0.3 is 0 Å². The molecule has 1 aromatic carbocycles. The first kappa shape index (κ1) is 18.8. The first-order valence-corrected chi connectivity index (χ1v) is 8.61. The van der Waals surface area contributed by atoms with Gasteiger partial charge in [-0.2, -0.15) is 4.98 Å². The third-order valence-corrected chi connectivity index (χ3v) is 3.57. The normalized spacial score (nSPS) is 11.6. The molecular formula is C18H27N5O2. The van der Waals surface area contributed by atoms with Crippen LogP contribution in [0.2, 0.25) is 0 Å². The number of benzene rings is 1. The number of nitrogens with zero attached hydrogens (tertiary/aromatic N) is 3. The molecule has 0 unspecified atom stereocenters. The molecule has 1 aromatic heterocycles. The van der Waals surface area contributed by atoms with Crippen LogP contribution in [0.25, 0.3) is 0 Å². The maximum atomic E-state index is 5.64. The molecule has 0 radical (unpaired) electrons. The van der Waals surface area contributed by atoms with Gasteiger partial charge in [0.05, 0.1) is 6.61 Å². The molecule has 0 fully saturated rings. The predicted molar refractivity (Wildman–Crippen MR) is 97.9 cm³/mol. The molecule has 0 saturated heterocycles. The number of aliphatic imine (C=N–C) groups is 1. The van der Waals surface area contributed by atoms with Gasteiger partial charge in [0.15, 0.2) is 11.8 Å². The molecule has 2 rings (SSSR count). The molecular weight excluding hydrogens is 318 g/mol. The predicted octanol–water partition coefficient (Wildman–Crippen LogP) is 2.50. The second-order valence-corrected chi connectivity index (χ2v) is 5.84. The molecule has 0 spiro atoms. The maximum Gasteiger partial charge on any atom is 0.228 e. The van der Waals surface area contributed by atoms with Crippen molar-refractivity contribution in [3.8, 4) is 5.75 Å². The van der Waals surface area contributed by atoms with Crippen molar-refractivity contribution >= 4 is 5.96 Å². The zero-order chi connectivity index (χ0) is 18.1. The number of guanidine groups is 1. The zero-order valence-corrected chi connectivity index (χ0v) is 15.4. The van der Waals surface area contributed by atoms with Crippen molar-refractivity contribution in [2.24, 2.45) is 4.99 Å². The van der Waals surface area contributed by atoms with E-state index in [-0.39, 0.29) is 5.92 Å². The maximum absolute atomic E-state index is 5.64. The molecule has 2 N–H and O–H groups in total. The molecule has 1 heterocycles. The van der Waals surface area contributed by atoms with Gasteiger partial charge in [-0.1, -0.05) is 37.2 Å². The molecule has 0 aliphatic rings. The highest BCUT2D eigenvalue weighted by molar-refractivity contribution is 5.79. The summed E-state index contributed by atoms with van der Waals surface area (Å²) in [4.78, 5) is 8.59. The van der Waals surface area contributed by atoms with E-state index in [2.05, 4.69) is 25.8 Å². The molecule has 136 valence electrons. The van der Waals surface area contributed by atoms with Gasteiger partial charge < -0.3 is 19.9 Å². The van der Waals surface area contributed by atoms with Gasteiger partial charge in [0, 0.05) is 38.0 Å². The lowest BCUT2D eigenvalue weighted by Crippen LogP contribution is -2.38. The Bertz CT molecular complexity index is 682. The first-order valence-electron chi connectivity index (χ1n) is 8.61. The Labute approximate surface area is 148 Å². The Kier molecular flexibility index (Phi) is 7.25. The number of aromatic nitrogens is 2. The van der Waals surface area contributed by atoms with E-state index >= 15 is 0 Å². The third-order valence-electron chi connectivity index (χ3n) is 3.57. The van der Waals surface area contributed by atoms with Crippen LogP contribution in [-0.2, 0) is 13.0 Å². The van der Waals surface area contributed by atoms with Gasteiger partial charge in [-0.15, -0.1) is 0 Å². The first-order chi connectivity index (χ1) is 12.1. The molecule has 2 aromatic rings. The van der Waals surface area contributed by atoms with Gasteiger partial charge in [0.25, 0.3) is 0 Å². The minimum Gasteiger partial charge on any atom is -0.494 e. The van der Waals surface area contributed by atoms with Gasteiger partial charge in [-0.05, 0) is 13.0 Å². The number of hydrogen-bond donors (Lipinski definition) is 2. The molecule has 0 atom stereocenters. The topological polar surface area (TPSA) is 84.6 Å². The molecule has 0 saturated carbocycles. The van der Waals surface area contributed by atoms with Crippen molar-refractivity contribution in [2.75, 3.05) is 20.2 Å². The second-order valence-electron chi connectivity index (χ2n) is 5.84. The summed E-state index contributed by atoms with van der Waals surface area (Å²) in [6.45, 7) is 8.00. The fourth-order valence-electron chi connectivity index (χ4n) is 2.24. The minimum atomic E-state index is 0.269. The van der Waals surface area contributed by atoms with E-state index < -0.39 is 0 Å². The largest absolute Gasteiger partial charge is 0.494 e. The highest BCUT2D eigenvalue weighted by Gasteiger charge is 2.09. The van der Waals surface area contributed by atoms with Gasteiger partial charge in [-0.3, -0.25) is 4.99 Å². The number of rotatable bonds is 8. The highest BCUT2D eigenvalue weighted by atomic mass is 16.5. The number of hydrogen-bond acceptors (Lipinski definition) is 5. The van der Waals surface area contributed by atoms with Gasteiger partial charge in [0.1, 0.15) is 5.75 Å². The number of ether oxygens (including phenoxy) is 1. The number of nitrogens with one attached hydrogen (secondary N) is 2. The summed E-state index contributed by atoms with van der Waals surface area (Å²) in [6, 6.07) is 7.98. The lowest BCUT2D eigenvalue weighted by molar-refractivity contribution is 0.336. The van der Waals surface area contributed by atoms with Crippen molar-refractivity contribution < 1.29 is 9.26 Å². The molecule has 0 aliphatic heterocycles. The van der Waals surface area contributed by atoms with Crippen LogP contribution < -0.4 is 15.4 Å². The van der Waals surface area contributed by atoms with Crippen LogP contribution in [0.5, 0.6) is 5.75 Å². The molecule has 0 bridgehead atoms. The molecule has 0 amide bonds.